The average molecular weight is 519 g/mol. The van der Waals surface area contributed by atoms with Gasteiger partial charge in [-0.15, -0.1) is 0 Å². The van der Waals surface area contributed by atoms with Crippen LogP contribution < -0.4 is 10.2 Å². The number of pyridine rings is 1. The fraction of sp³-hybridized carbons (Fsp3) is 0.448. The molecule has 196 valence electrons. The van der Waals surface area contributed by atoms with Gasteiger partial charge in [0, 0.05) is 48.6 Å². The van der Waals surface area contributed by atoms with Crippen LogP contribution in [0.5, 0.6) is 0 Å². The summed E-state index contributed by atoms with van der Waals surface area (Å²) in [7, 11) is 4.24. The van der Waals surface area contributed by atoms with E-state index in [1.165, 1.54) is 28.3 Å². The number of thiocarbonyl (C=S) groups is 1. The van der Waals surface area contributed by atoms with Gasteiger partial charge in [0.1, 0.15) is 0 Å². The molecule has 8 heteroatoms. The summed E-state index contributed by atoms with van der Waals surface area (Å²) in [4.78, 5) is 11.7. The standard InChI is InChI=1S/C29H38N6OS/c1-21-20-25(22(2)35(21)24-11-9-23(10-12-24)33-16-18-36-19-17-33)28-27(26-8-5-6-13-30-26)31-29(37)34(28)15-7-14-32(3)4/h5-6,8-13,20,27-28H,7,14-19H2,1-4H3,(H,31,37). The molecule has 3 aromatic rings. The number of aryl methyl sites for hydroxylation is 1. The van der Waals surface area contributed by atoms with Crippen LogP contribution in [0.4, 0.5) is 5.69 Å². The quantitative estimate of drug-likeness (QED) is 0.448. The van der Waals surface area contributed by atoms with Crippen molar-refractivity contribution in [1.29, 1.82) is 0 Å². The number of morpholine rings is 1. The van der Waals surface area contributed by atoms with E-state index < -0.39 is 0 Å². The van der Waals surface area contributed by atoms with Crippen molar-refractivity contribution in [2.45, 2.75) is 32.4 Å². The molecule has 5 rings (SSSR count). The molecule has 2 aromatic heterocycles. The monoisotopic (exact) mass is 518 g/mol. The molecule has 4 heterocycles. The van der Waals surface area contributed by atoms with Crippen LogP contribution in [0.1, 0.15) is 41.1 Å². The van der Waals surface area contributed by atoms with Crippen molar-refractivity contribution in [2.75, 3.05) is 58.4 Å². The van der Waals surface area contributed by atoms with Crippen molar-refractivity contribution in [2.24, 2.45) is 0 Å². The zero-order chi connectivity index (χ0) is 25.9. The van der Waals surface area contributed by atoms with Crippen molar-refractivity contribution in [3.8, 4) is 5.69 Å². The van der Waals surface area contributed by atoms with Gasteiger partial charge in [-0.1, -0.05) is 6.07 Å². The highest BCUT2D eigenvalue weighted by Gasteiger charge is 2.41. The SMILES string of the molecule is Cc1cc(C2C(c3ccccn3)NC(=S)N2CCCN(C)C)c(C)n1-c1ccc(N2CCOCC2)cc1. The van der Waals surface area contributed by atoms with Crippen LogP contribution in [-0.4, -0.2) is 78.0 Å². The van der Waals surface area contributed by atoms with Gasteiger partial charge in [-0.2, -0.15) is 0 Å². The highest BCUT2D eigenvalue weighted by atomic mass is 32.1. The van der Waals surface area contributed by atoms with E-state index in [1.54, 1.807) is 0 Å². The highest BCUT2D eigenvalue weighted by Crippen LogP contribution is 2.41. The van der Waals surface area contributed by atoms with E-state index >= 15 is 0 Å². The number of hydrogen-bond acceptors (Lipinski definition) is 5. The molecule has 0 radical (unpaired) electrons. The van der Waals surface area contributed by atoms with Gasteiger partial charge in [0.2, 0.25) is 0 Å². The Kier molecular flexibility index (Phi) is 7.79. The van der Waals surface area contributed by atoms with Crippen molar-refractivity contribution in [3.05, 3.63) is 77.4 Å². The molecule has 2 saturated heterocycles. The Labute approximate surface area is 226 Å². The lowest BCUT2D eigenvalue weighted by atomic mass is 9.96. The number of hydrogen-bond donors (Lipinski definition) is 1. The highest BCUT2D eigenvalue weighted by molar-refractivity contribution is 7.80. The first-order valence-corrected chi connectivity index (χ1v) is 13.6. The number of nitrogens with one attached hydrogen (secondary N) is 1. The van der Waals surface area contributed by atoms with E-state index in [-0.39, 0.29) is 12.1 Å². The molecule has 0 spiro atoms. The van der Waals surface area contributed by atoms with Crippen molar-refractivity contribution >= 4 is 23.0 Å². The zero-order valence-electron chi connectivity index (χ0n) is 22.4. The molecule has 0 saturated carbocycles. The molecule has 2 atom stereocenters. The summed E-state index contributed by atoms with van der Waals surface area (Å²) in [5.74, 6) is 0. The third kappa shape index (κ3) is 5.37. The predicted molar refractivity (Wildman–Crippen MR) is 154 cm³/mol. The molecule has 1 N–H and O–H groups in total. The largest absolute Gasteiger partial charge is 0.378 e. The second-order valence-corrected chi connectivity index (χ2v) is 10.6. The Hall–Kier alpha value is -2.94. The minimum atomic E-state index is 0.00528. The summed E-state index contributed by atoms with van der Waals surface area (Å²) in [5, 5.41) is 4.41. The molecule has 2 fully saturated rings. The van der Waals surface area contributed by atoms with E-state index in [0.29, 0.717) is 0 Å². The van der Waals surface area contributed by atoms with E-state index in [2.05, 4.69) is 95.0 Å². The molecule has 0 amide bonds. The van der Waals surface area contributed by atoms with Gasteiger partial charge in [-0.3, -0.25) is 4.98 Å². The number of aromatic nitrogens is 2. The van der Waals surface area contributed by atoms with Gasteiger partial charge in [-0.05, 0) is 101 Å². The van der Waals surface area contributed by atoms with E-state index in [0.717, 1.165) is 56.6 Å². The lowest BCUT2D eigenvalue weighted by Gasteiger charge is -2.29. The van der Waals surface area contributed by atoms with Gasteiger partial charge in [0.05, 0.1) is 31.0 Å². The lowest BCUT2D eigenvalue weighted by Crippen LogP contribution is -2.36. The van der Waals surface area contributed by atoms with Crippen LogP contribution in [-0.2, 0) is 4.74 Å². The summed E-state index contributed by atoms with van der Waals surface area (Å²) in [6, 6.07) is 17.5. The van der Waals surface area contributed by atoms with Gasteiger partial charge in [0.15, 0.2) is 5.11 Å². The first-order valence-electron chi connectivity index (χ1n) is 13.2. The Balaban J connectivity index is 1.48. The van der Waals surface area contributed by atoms with Crippen LogP contribution in [0, 0.1) is 13.8 Å². The first kappa shape index (κ1) is 25.7. The third-order valence-corrected chi connectivity index (χ3v) is 7.83. The Morgan fingerprint density at radius 3 is 2.46 bits per heavy atom. The first-order chi connectivity index (χ1) is 17.9. The number of nitrogens with zero attached hydrogens (tertiary/aromatic N) is 5. The molecule has 1 aromatic carbocycles. The number of ether oxygens (including phenoxy) is 1. The van der Waals surface area contributed by atoms with Crippen LogP contribution in [0.3, 0.4) is 0 Å². The Morgan fingerprint density at radius 1 is 1.05 bits per heavy atom. The number of anilines is 1. The van der Waals surface area contributed by atoms with Crippen molar-refractivity contribution in [1.82, 2.24) is 24.7 Å². The fourth-order valence-corrected chi connectivity index (χ4v) is 5.99. The smallest absolute Gasteiger partial charge is 0.170 e. The van der Waals surface area contributed by atoms with E-state index in [1.807, 2.05) is 12.3 Å². The molecule has 0 bridgehead atoms. The third-order valence-electron chi connectivity index (χ3n) is 7.48. The van der Waals surface area contributed by atoms with Gasteiger partial charge in [-0.25, -0.2) is 0 Å². The van der Waals surface area contributed by atoms with Gasteiger partial charge < -0.3 is 29.3 Å². The minimum absolute atomic E-state index is 0.00528. The number of benzene rings is 1. The molecule has 7 nitrogen and oxygen atoms in total. The van der Waals surface area contributed by atoms with E-state index in [4.69, 9.17) is 21.9 Å². The van der Waals surface area contributed by atoms with Gasteiger partial charge >= 0.3 is 0 Å². The molecular weight excluding hydrogens is 480 g/mol. The normalized spacial score (nSPS) is 20.1. The van der Waals surface area contributed by atoms with Crippen LogP contribution in [0.25, 0.3) is 5.69 Å². The van der Waals surface area contributed by atoms with E-state index in [9.17, 15) is 0 Å². The second kappa shape index (κ2) is 11.2. The van der Waals surface area contributed by atoms with Crippen LogP contribution >= 0.6 is 12.2 Å². The van der Waals surface area contributed by atoms with Gasteiger partial charge in [0.25, 0.3) is 0 Å². The molecule has 2 unspecified atom stereocenters. The summed E-state index contributed by atoms with van der Waals surface area (Å²) < 4.78 is 7.89. The van der Waals surface area contributed by atoms with Crippen molar-refractivity contribution < 1.29 is 4.74 Å². The molecule has 2 aliphatic rings. The maximum Gasteiger partial charge on any atom is 0.170 e. The molecular formula is C29H38N6OS. The summed E-state index contributed by atoms with van der Waals surface area (Å²) in [5.41, 5.74) is 7.21. The maximum absolute atomic E-state index is 5.88. The Morgan fingerprint density at radius 2 is 1.78 bits per heavy atom. The fourth-order valence-electron chi connectivity index (χ4n) is 5.66. The Bertz CT molecular complexity index is 1200. The molecule has 37 heavy (non-hydrogen) atoms. The predicted octanol–water partition coefficient (Wildman–Crippen LogP) is 4.25. The van der Waals surface area contributed by atoms with Crippen LogP contribution in [0.15, 0.2) is 54.7 Å². The zero-order valence-corrected chi connectivity index (χ0v) is 23.2. The van der Waals surface area contributed by atoms with Crippen LogP contribution in [0.2, 0.25) is 0 Å². The average Bonchev–Trinajstić information content (AvgIpc) is 3.39. The summed E-state index contributed by atoms with van der Waals surface area (Å²) in [6.07, 6.45) is 2.91. The maximum atomic E-state index is 5.88. The summed E-state index contributed by atoms with van der Waals surface area (Å²) in [6.45, 7) is 9.81. The topological polar surface area (TPSA) is 48.8 Å². The molecule has 0 aliphatic carbocycles. The van der Waals surface area contributed by atoms with Crippen molar-refractivity contribution in [3.63, 3.8) is 0 Å². The minimum Gasteiger partial charge on any atom is -0.378 e. The lowest BCUT2D eigenvalue weighted by molar-refractivity contribution is 0.122. The molecule has 2 aliphatic heterocycles. The second-order valence-electron chi connectivity index (χ2n) is 10.3. The summed E-state index contributed by atoms with van der Waals surface area (Å²) >= 11 is 5.88. The number of rotatable bonds is 8.